The number of nitrogens with one attached hydrogen (secondary N) is 3. The highest BCUT2D eigenvalue weighted by molar-refractivity contribution is 6.40. The van der Waals surface area contributed by atoms with Gasteiger partial charge in [0.2, 0.25) is 0 Å². The summed E-state index contributed by atoms with van der Waals surface area (Å²) in [5.41, 5.74) is 0.146. The molecule has 1 saturated heterocycles. The van der Waals surface area contributed by atoms with Crippen molar-refractivity contribution < 1.29 is 19.1 Å². The third kappa shape index (κ3) is 5.05. The molecule has 1 heterocycles. The minimum Gasteiger partial charge on any atom is -0.465 e. The molecule has 26 heavy (non-hydrogen) atoms. The summed E-state index contributed by atoms with van der Waals surface area (Å²) in [5.74, 6) is -2.11. The summed E-state index contributed by atoms with van der Waals surface area (Å²) in [5, 5.41) is 8.82. The topological polar surface area (TPSA) is 96.5 Å². The van der Waals surface area contributed by atoms with Crippen LogP contribution in [0.25, 0.3) is 0 Å². The normalized spacial score (nSPS) is 18.7. The second-order valence-corrected chi connectivity index (χ2v) is 7.96. The Balaban J connectivity index is 2.05. The van der Waals surface area contributed by atoms with E-state index in [0.29, 0.717) is 12.8 Å². The molecule has 1 aliphatic rings. The molecule has 1 aromatic carbocycles. The molecular formula is C19H27N3O4. The monoisotopic (exact) mass is 361 g/mol. The van der Waals surface area contributed by atoms with Crippen LogP contribution in [0, 0.1) is 0 Å². The van der Waals surface area contributed by atoms with Gasteiger partial charge in [0.05, 0.1) is 18.4 Å². The van der Waals surface area contributed by atoms with Crippen molar-refractivity contribution in [3.63, 3.8) is 0 Å². The van der Waals surface area contributed by atoms with Gasteiger partial charge in [0.15, 0.2) is 0 Å². The lowest BCUT2D eigenvalue weighted by molar-refractivity contribution is -0.137. The number of hydrogen-bond acceptors (Lipinski definition) is 5. The fraction of sp³-hybridized carbons (Fsp3) is 0.526. The largest absolute Gasteiger partial charge is 0.465 e. The fourth-order valence-electron chi connectivity index (χ4n) is 3.73. The average Bonchev–Trinajstić information content (AvgIpc) is 2.51. The van der Waals surface area contributed by atoms with Crippen LogP contribution in [0.2, 0.25) is 0 Å². The molecule has 0 bridgehead atoms. The third-order valence-corrected chi connectivity index (χ3v) is 4.31. The number of benzene rings is 1. The van der Waals surface area contributed by atoms with Gasteiger partial charge in [-0.25, -0.2) is 4.79 Å². The van der Waals surface area contributed by atoms with Crippen molar-refractivity contribution in [2.24, 2.45) is 0 Å². The minimum atomic E-state index is -0.810. The summed E-state index contributed by atoms with van der Waals surface area (Å²) < 4.78 is 4.69. The highest BCUT2D eigenvalue weighted by Crippen LogP contribution is 2.28. The number of methoxy groups -OCH3 is 1. The Hall–Kier alpha value is -2.41. The molecule has 0 atom stereocenters. The van der Waals surface area contributed by atoms with Gasteiger partial charge in [0.25, 0.3) is 0 Å². The SMILES string of the molecule is COC(=O)c1ccccc1NC(=O)C(=O)NC1CC(C)(C)NC(C)(C)C1. The molecule has 1 fully saturated rings. The van der Waals surface area contributed by atoms with E-state index in [4.69, 9.17) is 0 Å². The van der Waals surface area contributed by atoms with E-state index in [0.717, 1.165) is 0 Å². The molecule has 0 saturated carbocycles. The lowest BCUT2D eigenvalue weighted by atomic mass is 9.79. The van der Waals surface area contributed by atoms with E-state index in [1.165, 1.54) is 13.2 Å². The molecule has 0 radical (unpaired) electrons. The van der Waals surface area contributed by atoms with Crippen molar-refractivity contribution >= 4 is 23.5 Å². The quantitative estimate of drug-likeness (QED) is 0.564. The minimum absolute atomic E-state index is 0.115. The second-order valence-electron chi connectivity index (χ2n) is 7.96. The van der Waals surface area contributed by atoms with Gasteiger partial charge in [-0.3, -0.25) is 9.59 Å². The van der Waals surface area contributed by atoms with Crippen molar-refractivity contribution in [3.8, 4) is 0 Å². The molecule has 0 spiro atoms. The summed E-state index contributed by atoms with van der Waals surface area (Å²) in [7, 11) is 1.26. The Bertz CT molecular complexity index is 696. The van der Waals surface area contributed by atoms with Crippen LogP contribution in [0.4, 0.5) is 5.69 Å². The molecule has 1 aliphatic heterocycles. The van der Waals surface area contributed by atoms with Crippen molar-refractivity contribution in [2.75, 3.05) is 12.4 Å². The van der Waals surface area contributed by atoms with Gasteiger partial charge in [-0.15, -0.1) is 0 Å². The van der Waals surface area contributed by atoms with Crippen LogP contribution in [-0.2, 0) is 14.3 Å². The Labute approximate surface area is 153 Å². The number of para-hydroxylation sites is 1. The highest BCUT2D eigenvalue weighted by atomic mass is 16.5. The van der Waals surface area contributed by atoms with Crippen LogP contribution in [-0.4, -0.2) is 42.0 Å². The third-order valence-electron chi connectivity index (χ3n) is 4.31. The first-order valence-electron chi connectivity index (χ1n) is 8.61. The average molecular weight is 361 g/mol. The second kappa shape index (κ2) is 7.45. The first kappa shape index (κ1) is 19.9. The molecule has 0 aliphatic carbocycles. The van der Waals surface area contributed by atoms with Gasteiger partial charge in [-0.05, 0) is 52.7 Å². The van der Waals surface area contributed by atoms with Gasteiger partial charge < -0.3 is 20.7 Å². The van der Waals surface area contributed by atoms with E-state index in [2.05, 4.69) is 48.4 Å². The molecule has 0 aromatic heterocycles. The maximum atomic E-state index is 12.3. The first-order valence-corrected chi connectivity index (χ1v) is 8.61. The zero-order valence-electron chi connectivity index (χ0n) is 15.9. The summed E-state index contributed by atoms with van der Waals surface area (Å²) in [6, 6.07) is 6.28. The molecular weight excluding hydrogens is 334 g/mol. The number of esters is 1. The van der Waals surface area contributed by atoms with Gasteiger partial charge >= 0.3 is 17.8 Å². The van der Waals surface area contributed by atoms with Gasteiger partial charge in [-0.1, -0.05) is 12.1 Å². The maximum Gasteiger partial charge on any atom is 0.339 e. The van der Waals surface area contributed by atoms with Crippen LogP contribution in [0.3, 0.4) is 0 Å². The van der Waals surface area contributed by atoms with Crippen LogP contribution >= 0.6 is 0 Å². The summed E-state index contributed by atoms with van der Waals surface area (Å²) in [6.45, 7) is 8.28. The van der Waals surface area contributed by atoms with Crippen LogP contribution in [0.15, 0.2) is 24.3 Å². The van der Waals surface area contributed by atoms with Gasteiger partial charge in [-0.2, -0.15) is 0 Å². The van der Waals surface area contributed by atoms with Gasteiger partial charge in [0, 0.05) is 17.1 Å². The maximum absolute atomic E-state index is 12.3. The van der Waals surface area contributed by atoms with Crippen molar-refractivity contribution in [3.05, 3.63) is 29.8 Å². The van der Waals surface area contributed by atoms with Gasteiger partial charge in [0.1, 0.15) is 0 Å². The summed E-state index contributed by atoms with van der Waals surface area (Å²) >= 11 is 0. The van der Waals surface area contributed by atoms with Crippen LogP contribution in [0.1, 0.15) is 50.9 Å². The number of anilines is 1. The molecule has 3 N–H and O–H groups in total. The van der Waals surface area contributed by atoms with E-state index in [9.17, 15) is 14.4 Å². The van der Waals surface area contributed by atoms with E-state index in [-0.39, 0.29) is 28.4 Å². The molecule has 2 rings (SSSR count). The zero-order valence-corrected chi connectivity index (χ0v) is 15.9. The molecule has 7 nitrogen and oxygen atoms in total. The number of ether oxygens (including phenoxy) is 1. The van der Waals surface area contributed by atoms with Crippen LogP contribution in [0.5, 0.6) is 0 Å². The van der Waals surface area contributed by atoms with Crippen molar-refractivity contribution in [2.45, 2.75) is 57.7 Å². The van der Waals surface area contributed by atoms with E-state index < -0.39 is 17.8 Å². The smallest absolute Gasteiger partial charge is 0.339 e. The summed E-state index contributed by atoms with van der Waals surface area (Å²) in [6.07, 6.45) is 1.43. The fourth-order valence-corrected chi connectivity index (χ4v) is 3.73. The number of rotatable bonds is 3. The number of carbonyl (C=O) groups is 3. The molecule has 0 unspecified atom stereocenters. The Kier molecular flexibility index (Phi) is 5.71. The lowest BCUT2D eigenvalue weighted by Crippen LogP contribution is -2.62. The van der Waals surface area contributed by atoms with E-state index in [1.807, 2.05) is 0 Å². The molecule has 1 aromatic rings. The molecule has 2 amide bonds. The van der Waals surface area contributed by atoms with E-state index >= 15 is 0 Å². The van der Waals surface area contributed by atoms with Crippen molar-refractivity contribution in [1.82, 2.24) is 10.6 Å². The molecule has 142 valence electrons. The van der Waals surface area contributed by atoms with Crippen molar-refractivity contribution in [1.29, 1.82) is 0 Å². The number of hydrogen-bond donors (Lipinski definition) is 3. The number of piperidine rings is 1. The number of amides is 2. The lowest BCUT2D eigenvalue weighted by Gasteiger charge is -2.46. The predicted molar refractivity (Wildman–Crippen MR) is 98.9 cm³/mol. The highest BCUT2D eigenvalue weighted by Gasteiger charge is 2.38. The summed E-state index contributed by atoms with van der Waals surface area (Å²) in [4.78, 5) is 36.4. The van der Waals surface area contributed by atoms with Crippen LogP contribution < -0.4 is 16.0 Å². The Morgan fingerprint density at radius 2 is 1.62 bits per heavy atom. The predicted octanol–water partition coefficient (Wildman–Crippen LogP) is 1.84. The van der Waals surface area contributed by atoms with E-state index in [1.54, 1.807) is 18.2 Å². The molecule has 7 heteroatoms. The Morgan fingerprint density at radius 3 is 2.19 bits per heavy atom. The Morgan fingerprint density at radius 1 is 1.04 bits per heavy atom. The number of carbonyl (C=O) groups excluding carboxylic acids is 3. The standard InChI is InChI=1S/C19H27N3O4/c1-18(2)10-12(11-19(3,4)22-18)20-15(23)16(24)21-14-9-7-6-8-13(14)17(25)26-5/h6-9,12,22H,10-11H2,1-5H3,(H,20,23)(H,21,24). The zero-order chi connectivity index (χ0) is 19.5. The first-order chi connectivity index (χ1) is 12.0.